The van der Waals surface area contributed by atoms with Gasteiger partial charge in [0.25, 0.3) is 0 Å². The van der Waals surface area contributed by atoms with Gasteiger partial charge in [0.15, 0.2) is 0 Å². The van der Waals surface area contributed by atoms with E-state index >= 15 is 0 Å². The lowest BCUT2D eigenvalue weighted by atomic mass is 9.70. The van der Waals surface area contributed by atoms with Gasteiger partial charge in [-0.05, 0) is 24.5 Å². The molecule has 2 aliphatic rings. The summed E-state index contributed by atoms with van der Waals surface area (Å²) in [5.74, 6) is -2.31. The van der Waals surface area contributed by atoms with Crippen LogP contribution in [0.3, 0.4) is 0 Å². The molecule has 1 aromatic carbocycles. The molecular formula is C25H28F3N5O3S. The molecule has 2 aromatic heterocycles. The molecule has 8 nitrogen and oxygen atoms in total. The zero-order valence-electron chi connectivity index (χ0n) is 20.3. The van der Waals surface area contributed by atoms with Crippen molar-refractivity contribution in [3.63, 3.8) is 0 Å². The highest BCUT2D eigenvalue weighted by Crippen LogP contribution is 2.49. The van der Waals surface area contributed by atoms with Gasteiger partial charge in [0.1, 0.15) is 5.01 Å². The van der Waals surface area contributed by atoms with Crippen LogP contribution >= 0.6 is 11.3 Å². The first-order chi connectivity index (χ1) is 17.6. The summed E-state index contributed by atoms with van der Waals surface area (Å²) >= 11 is 1.68. The highest BCUT2D eigenvalue weighted by molar-refractivity contribution is 7.09. The first-order valence-corrected chi connectivity index (χ1v) is 12.7. The molecule has 2 saturated heterocycles. The number of halogens is 3. The Morgan fingerprint density at radius 2 is 1.92 bits per heavy atom. The summed E-state index contributed by atoms with van der Waals surface area (Å²) in [6.45, 7) is 3.97. The molecule has 2 atom stereocenters. The maximum Gasteiger partial charge on any atom is 0.490 e. The van der Waals surface area contributed by atoms with Crippen molar-refractivity contribution in [3.05, 3.63) is 70.4 Å². The fourth-order valence-corrected chi connectivity index (χ4v) is 5.94. The number of carboxylic acid groups (broad SMARTS) is 1. The highest BCUT2D eigenvalue weighted by Gasteiger charge is 2.55. The maximum atomic E-state index is 14.0. The van der Waals surface area contributed by atoms with Gasteiger partial charge in [-0.2, -0.15) is 18.3 Å². The number of benzene rings is 1. The molecule has 0 saturated carbocycles. The van der Waals surface area contributed by atoms with Crippen molar-refractivity contribution >= 4 is 23.2 Å². The average molecular weight is 536 g/mol. The number of carbonyl (C=O) groups excluding carboxylic acids is 1. The van der Waals surface area contributed by atoms with Crippen molar-refractivity contribution in [3.8, 4) is 0 Å². The minimum Gasteiger partial charge on any atom is -0.475 e. The van der Waals surface area contributed by atoms with Gasteiger partial charge in [-0.1, -0.05) is 30.3 Å². The van der Waals surface area contributed by atoms with Crippen molar-refractivity contribution in [2.45, 2.75) is 38.0 Å². The second-order valence-electron chi connectivity index (χ2n) is 9.30. The minimum absolute atomic E-state index is 0.149. The third-order valence-corrected chi connectivity index (χ3v) is 7.66. The number of aryl methyl sites for hydroxylation is 1. The van der Waals surface area contributed by atoms with Gasteiger partial charge in [0.2, 0.25) is 5.91 Å². The fraction of sp³-hybridized carbons (Fsp3) is 0.440. The number of piperidine rings is 1. The molecule has 0 radical (unpaired) electrons. The molecule has 5 rings (SSSR count). The molecule has 0 aliphatic carbocycles. The smallest absolute Gasteiger partial charge is 0.475 e. The topological polar surface area (TPSA) is 91.6 Å². The number of carboxylic acids is 1. The number of hydrogen-bond donors (Lipinski definition) is 1. The van der Waals surface area contributed by atoms with Gasteiger partial charge in [-0.3, -0.25) is 14.4 Å². The van der Waals surface area contributed by atoms with E-state index in [9.17, 15) is 18.0 Å². The van der Waals surface area contributed by atoms with E-state index in [0.29, 0.717) is 12.5 Å². The van der Waals surface area contributed by atoms with E-state index in [0.717, 1.165) is 49.7 Å². The molecule has 3 aromatic rings. The molecule has 37 heavy (non-hydrogen) atoms. The van der Waals surface area contributed by atoms with Crippen molar-refractivity contribution in [1.29, 1.82) is 0 Å². The minimum atomic E-state index is -5.08. The number of thiazole rings is 1. The lowest BCUT2D eigenvalue weighted by Crippen LogP contribution is -2.52. The normalized spacial score (nSPS) is 22.2. The Morgan fingerprint density at radius 1 is 1.19 bits per heavy atom. The number of amides is 1. The Morgan fingerprint density at radius 3 is 2.51 bits per heavy atom. The zero-order valence-corrected chi connectivity index (χ0v) is 21.1. The molecule has 198 valence electrons. The Kier molecular flexibility index (Phi) is 7.98. The summed E-state index contributed by atoms with van der Waals surface area (Å²) in [6, 6.07) is 12.4. The maximum absolute atomic E-state index is 14.0. The third-order valence-electron chi connectivity index (χ3n) is 6.89. The predicted molar refractivity (Wildman–Crippen MR) is 131 cm³/mol. The van der Waals surface area contributed by atoms with E-state index < -0.39 is 17.6 Å². The van der Waals surface area contributed by atoms with Crippen LogP contribution in [-0.2, 0) is 29.7 Å². The molecule has 1 amide bonds. The van der Waals surface area contributed by atoms with Gasteiger partial charge >= 0.3 is 12.1 Å². The highest BCUT2D eigenvalue weighted by atomic mass is 32.1. The first kappa shape index (κ1) is 26.8. The number of aromatic nitrogens is 3. The number of carbonyl (C=O) groups is 2. The Balaban J connectivity index is 0.000000405. The number of nitrogens with zero attached hydrogens (tertiary/aromatic N) is 5. The van der Waals surface area contributed by atoms with Gasteiger partial charge < -0.3 is 10.0 Å². The number of aliphatic carboxylic acids is 1. The summed E-state index contributed by atoms with van der Waals surface area (Å²) in [7, 11) is 1.99. The van der Waals surface area contributed by atoms with E-state index in [1.165, 1.54) is 5.56 Å². The second kappa shape index (κ2) is 11.0. The summed E-state index contributed by atoms with van der Waals surface area (Å²) in [4.78, 5) is 31.8. The van der Waals surface area contributed by atoms with Crippen LogP contribution in [-0.4, -0.2) is 67.4 Å². The predicted octanol–water partition coefficient (Wildman–Crippen LogP) is 3.92. The Bertz CT molecular complexity index is 1200. The molecule has 4 heterocycles. The van der Waals surface area contributed by atoms with E-state index in [-0.39, 0.29) is 5.92 Å². The van der Waals surface area contributed by atoms with Gasteiger partial charge in [0, 0.05) is 62.6 Å². The van der Waals surface area contributed by atoms with Crippen LogP contribution in [0.1, 0.15) is 35.0 Å². The van der Waals surface area contributed by atoms with Gasteiger partial charge in [-0.25, -0.2) is 9.78 Å². The van der Waals surface area contributed by atoms with Crippen LogP contribution in [0.2, 0.25) is 0 Å². The van der Waals surface area contributed by atoms with Crippen molar-refractivity contribution < 1.29 is 27.9 Å². The van der Waals surface area contributed by atoms with E-state index in [1.807, 2.05) is 47.7 Å². The summed E-state index contributed by atoms with van der Waals surface area (Å²) in [5, 5.41) is 14.7. The molecule has 1 N–H and O–H groups in total. The van der Waals surface area contributed by atoms with Crippen LogP contribution < -0.4 is 0 Å². The Labute approximate surface area is 216 Å². The monoisotopic (exact) mass is 535 g/mol. The largest absolute Gasteiger partial charge is 0.490 e. The number of alkyl halides is 3. The lowest BCUT2D eigenvalue weighted by Gasteiger charge is -2.42. The van der Waals surface area contributed by atoms with Gasteiger partial charge in [-0.15, -0.1) is 11.3 Å². The van der Waals surface area contributed by atoms with Gasteiger partial charge in [0.05, 0.1) is 12.0 Å². The number of rotatable bonds is 5. The standard InChI is InChI=1S/C23H27N5OS.C2HF3O2/c1-26-20(8-10-25-26)19-15-27(16-21-24-11-13-30-21)17-23(19)9-5-12-28(22(23)29)14-18-6-3-2-4-7-18;3-2(4,5)1(6)7/h2-4,6-8,10-11,13,19H,5,9,12,14-17H2,1H3;(H,6,7)/t19-,23+;/m0./s1. The molecule has 1 spiro atoms. The molecule has 0 bridgehead atoms. The number of hydrogen-bond acceptors (Lipinski definition) is 6. The molecule has 2 aliphatic heterocycles. The Hall–Kier alpha value is -3.25. The van der Waals surface area contributed by atoms with Crippen LogP contribution in [0.15, 0.2) is 54.2 Å². The quantitative estimate of drug-likeness (QED) is 0.533. The number of likely N-dealkylation sites (tertiary alicyclic amines) is 2. The van der Waals surface area contributed by atoms with E-state index in [1.54, 1.807) is 11.3 Å². The van der Waals surface area contributed by atoms with Crippen LogP contribution in [0, 0.1) is 5.41 Å². The fourth-order valence-electron chi connectivity index (χ4n) is 5.29. The van der Waals surface area contributed by atoms with Crippen LogP contribution in [0.4, 0.5) is 13.2 Å². The summed E-state index contributed by atoms with van der Waals surface area (Å²) in [5.41, 5.74) is 1.96. The van der Waals surface area contributed by atoms with Crippen LogP contribution in [0.5, 0.6) is 0 Å². The third kappa shape index (κ3) is 6.02. The first-order valence-electron chi connectivity index (χ1n) is 11.8. The second-order valence-corrected chi connectivity index (χ2v) is 10.3. The summed E-state index contributed by atoms with van der Waals surface area (Å²) in [6.07, 6.45) is 0.596. The average Bonchev–Trinajstić information content (AvgIpc) is 3.59. The SMILES string of the molecule is Cn1nccc1[C@@H]1CN(Cc2nccs2)C[C@]12CCCN(Cc1ccccc1)C2=O.O=C(O)C(F)(F)F. The van der Waals surface area contributed by atoms with Crippen molar-refractivity contribution in [2.24, 2.45) is 12.5 Å². The van der Waals surface area contributed by atoms with Crippen molar-refractivity contribution in [2.75, 3.05) is 19.6 Å². The molecule has 12 heteroatoms. The lowest BCUT2D eigenvalue weighted by molar-refractivity contribution is -0.192. The zero-order chi connectivity index (χ0) is 26.6. The molecule has 2 fully saturated rings. The molecule has 0 unspecified atom stereocenters. The summed E-state index contributed by atoms with van der Waals surface area (Å²) < 4.78 is 33.7. The van der Waals surface area contributed by atoms with Crippen molar-refractivity contribution in [1.82, 2.24) is 24.6 Å². The van der Waals surface area contributed by atoms with E-state index in [2.05, 4.69) is 38.1 Å². The van der Waals surface area contributed by atoms with E-state index in [4.69, 9.17) is 9.90 Å². The van der Waals surface area contributed by atoms with Crippen LogP contribution in [0.25, 0.3) is 0 Å². The molecular weight excluding hydrogens is 507 g/mol.